The van der Waals surface area contributed by atoms with Gasteiger partial charge in [0.05, 0.1) is 10.5 Å². The van der Waals surface area contributed by atoms with Crippen LogP contribution in [0.25, 0.3) is 0 Å². The van der Waals surface area contributed by atoms with Gasteiger partial charge in [0.1, 0.15) is 0 Å². The van der Waals surface area contributed by atoms with Gasteiger partial charge in [-0.3, -0.25) is 9.59 Å². The summed E-state index contributed by atoms with van der Waals surface area (Å²) in [7, 11) is 11.1. The van der Waals surface area contributed by atoms with E-state index < -0.39 is 0 Å². The van der Waals surface area contributed by atoms with Crippen molar-refractivity contribution < 1.29 is 9.59 Å². The van der Waals surface area contributed by atoms with Gasteiger partial charge in [0.15, 0.2) is 0 Å². The van der Waals surface area contributed by atoms with Crippen LogP contribution in [0.1, 0.15) is 52.4 Å². The van der Waals surface area contributed by atoms with Gasteiger partial charge in [0.25, 0.3) is 0 Å². The highest BCUT2D eigenvalue weighted by atomic mass is 33.9. The van der Waals surface area contributed by atoms with Crippen LogP contribution in [-0.4, -0.2) is 22.3 Å². The summed E-state index contributed by atoms with van der Waals surface area (Å²) in [6.45, 7) is 4.21. The Hall–Kier alpha value is 1.39. The van der Waals surface area contributed by atoms with Crippen molar-refractivity contribution in [2.75, 3.05) is 0 Å². The number of hydrogen-bond donors (Lipinski definition) is 2. The predicted octanol–water partition coefficient (Wildman–Crippen LogP) is 5.70. The van der Waals surface area contributed by atoms with Crippen LogP contribution in [0.5, 0.6) is 0 Å². The van der Waals surface area contributed by atoms with Crippen molar-refractivity contribution in [1.29, 1.82) is 0 Å². The van der Waals surface area contributed by atoms with Crippen molar-refractivity contribution in [3.05, 3.63) is 0 Å². The van der Waals surface area contributed by atoms with Crippen LogP contribution >= 0.6 is 70.7 Å². The molecule has 0 radical (unpaired) electrons. The maximum absolute atomic E-state index is 11.3. The number of carbonyl (C=O) groups is 2. The largest absolute Gasteiger partial charge is 0.369 e. The van der Waals surface area contributed by atoms with Crippen LogP contribution in [0.3, 0.4) is 0 Å². The number of amides is 2. The fourth-order valence-corrected chi connectivity index (χ4v) is 16.5. The molecule has 0 aliphatic heterocycles. The third kappa shape index (κ3) is 14.3. The number of nitrogens with two attached hydrogens (primary N) is 2. The first kappa shape index (κ1) is 24.4. The number of hydrogen-bond acceptors (Lipinski definition) is 9. The van der Waals surface area contributed by atoms with E-state index in [1.807, 2.05) is 0 Å². The molecule has 0 aliphatic carbocycles. The van der Waals surface area contributed by atoms with Gasteiger partial charge in [0.2, 0.25) is 11.8 Å². The van der Waals surface area contributed by atoms with Gasteiger partial charge >= 0.3 is 0 Å². The molecule has 2 unspecified atom stereocenters. The maximum Gasteiger partial charge on any atom is 0.231 e. The van der Waals surface area contributed by atoms with Crippen LogP contribution < -0.4 is 11.5 Å². The van der Waals surface area contributed by atoms with Crippen LogP contribution in [0.4, 0.5) is 0 Å². The Kier molecular flexibility index (Phi) is 17.9. The topological polar surface area (TPSA) is 86.2 Å². The summed E-state index contributed by atoms with van der Waals surface area (Å²) in [6.07, 6.45) is 5.85. The molecule has 0 saturated heterocycles. The standard InChI is InChI=1S/C12H24N2O2S7/c1-3-5-7-9(11(13)15)17-19-21-23-22-20-18-10(12(14)16)8-6-4-2/h9-10H,3-8H2,1-2H3,(H2,13,15)(H2,14,16). The predicted molar refractivity (Wildman–Crippen MR) is 118 cm³/mol. The molecule has 0 aromatic rings. The quantitative estimate of drug-likeness (QED) is 0.226. The highest BCUT2D eigenvalue weighted by molar-refractivity contribution is 9.46. The van der Waals surface area contributed by atoms with Gasteiger partial charge in [-0.2, -0.15) is 0 Å². The fourth-order valence-electron chi connectivity index (χ4n) is 1.42. The zero-order valence-electron chi connectivity index (χ0n) is 13.2. The van der Waals surface area contributed by atoms with E-state index in [2.05, 4.69) is 13.8 Å². The summed E-state index contributed by atoms with van der Waals surface area (Å²) in [5.41, 5.74) is 10.8. The second-order valence-electron chi connectivity index (χ2n) is 4.60. The fraction of sp³-hybridized carbons (Fsp3) is 0.833. The summed E-state index contributed by atoms with van der Waals surface area (Å²) in [6, 6.07) is 0. The minimum absolute atomic E-state index is 0.117. The first-order chi connectivity index (χ1) is 11.0. The van der Waals surface area contributed by atoms with Gasteiger partial charge < -0.3 is 11.5 Å². The molecule has 0 spiro atoms. The Bertz CT molecular complexity index is 307. The molecule has 11 heteroatoms. The summed E-state index contributed by atoms with van der Waals surface area (Å²) >= 11 is 0. The van der Waals surface area contributed by atoms with E-state index in [4.69, 9.17) is 11.5 Å². The van der Waals surface area contributed by atoms with Crippen molar-refractivity contribution in [2.24, 2.45) is 11.5 Å². The van der Waals surface area contributed by atoms with E-state index in [1.165, 1.54) is 21.6 Å². The molecule has 0 fully saturated rings. The van der Waals surface area contributed by atoms with Gasteiger partial charge in [-0.25, -0.2) is 0 Å². The third-order valence-electron chi connectivity index (χ3n) is 2.70. The molecule has 0 aromatic carbocycles. The van der Waals surface area contributed by atoms with Gasteiger partial charge in [-0.1, -0.05) is 61.1 Å². The Morgan fingerprint density at radius 1 is 0.739 bits per heavy atom. The Morgan fingerprint density at radius 2 is 1.09 bits per heavy atom. The number of primary amides is 2. The van der Waals surface area contributed by atoms with E-state index in [0.29, 0.717) is 0 Å². The molecule has 0 bridgehead atoms. The van der Waals surface area contributed by atoms with Crippen molar-refractivity contribution in [1.82, 2.24) is 0 Å². The van der Waals surface area contributed by atoms with Gasteiger partial charge in [-0.05, 0) is 62.0 Å². The second kappa shape index (κ2) is 16.8. The molecule has 0 aromatic heterocycles. The summed E-state index contributed by atoms with van der Waals surface area (Å²) < 4.78 is 0. The number of unbranched alkanes of at least 4 members (excludes halogenated alkanes) is 2. The van der Waals surface area contributed by atoms with Crippen LogP contribution in [-0.2, 0) is 9.59 Å². The van der Waals surface area contributed by atoms with Crippen LogP contribution in [0.15, 0.2) is 0 Å². The van der Waals surface area contributed by atoms with E-state index in [9.17, 15) is 9.59 Å². The van der Waals surface area contributed by atoms with E-state index in [0.717, 1.165) is 38.5 Å². The average Bonchev–Trinajstić information content (AvgIpc) is 2.51. The van der Waals surface area contributed by atoms with E-state index in [-0.39, 0.29) is 22.3 Å². The molecule has 2 amide bonds. The highest BCUT2D eigenvalue weighted by Gasteiger charge is 2.17. The van der Waals surface area contributed by atoms with Crippen molar-refractivity contribution in [2.45, 2.75) is 62.9 Å². The Balaban J connectivity index is 3.70. The zero-order chi connectivity index (χ0) is 17.5. The van der Waals surface area contributed by atoms with Crippen LogP contribution in [0, 0.1) is 0 Å². The first-order valence-corrected chi connectivity index (χ1v) is 16.2. The lowest BCUT2D eigenvalue weighted by Gasteiger charge is -2.11. The van der Waals surface area contributed by atoms with E-state index >= 15 is 0 Å². The smallest absolute Gasteiger partial charge is 0.231 e. The molecular weight excluding hydrogens is 429 g/mol. The minimum atomic E-state index is -0.237. The second-order valence-corrected chi connectivity index (χ2v) is 16.1. The molecule has 0 rings (SSSR count). The minimum Gasteiger partial charge on any atom is -0.369 e. The Labute approximate surface area is 165 Å². The Morgan fingerprint density at radius 3 is 1.39 bits per heavy atom. The molecule has 2 atom stereocenters. The lowest BCUT2D eigenvalue weighted by Crippen LogP contribution is -2.24. The SMILES string of the molecule is CCCCC(SSSSSSSC(CCCC)C(N)=O)C(N)=O. The molecule has 0 heterocycles. The third-order valence-corrected chi connectivity index (χ3v) is 16.4. The maximum atomic E-state index is 11.3. The van der Waals surface area contributed by atoms with Gasteiger partial charge in [-0.15, -0.1) is 0 Å². The summed E-state index contributed by atoms with van der Waals surface area (Å²) in [5, 5.41) is -0.235. The highest BCUT2D eigenvalue weighted by Crippen LogP contribution is 2.56. The molecule has 4 nitrogen and oxygen atoms in total. The summed E-state index contributed by atoms with van der Waals surface area (Å²) in [4.78, 5) is 22.6. The lowest BCUT2D eigenvalue weighted by atomic mass is 10.2. The molecule has 4 N–H and O–H groups in total. The normalized spacial score (nSPS) is 13.7. The van der Waals surface area contributed by atoms with Crippen molar-refractivity contribution in [3.63, 3.8) is 0 Å². The van der Waals surface area contributed by atoms with Crippen LogP contribution in [0.2, 0.25) is 0 Å². The summed E-state index contributed by atoms with van der Waals surface area (Å²) in [5.74, 6) is -0.473. The zero-order valence-corrected chi connectivity index (χ0v) is 18.9. The monoisotopic (exact) mass is 452 g/mol. The molecule has 0 aliphatic rings. The number of rotatable bonds is 16. The van der Waals surface area contributed by atoms with Crippen molar-refractivity contribution >= 4 is 82.5 Å². The molecule has 136 valence electrons. The number of carbonyl (C=O) groups excluding carboxylic acids is 2. The average molecular weight is 453 g/mol. The van der Waals surface area contributed by atoms with E-state index in [1.54, 1.807) is 49.1 Å². The lowest BCUT2D eigenvalue weighted by molar-refractivity contribution is -0.118. The van der Waals surface area contributed by atoms with Crippen molar-refractivity contribution in [3.8, 4) is 0 Å². The first-order valence-electron chi connectivity index (χ1n) is 7.27. The van der Waals surface area contributed by atoms with Gasteiger partial charge in [0, 0.05) is 0 Å². The molecular formula is C12H24N2O2S7. The molecule has 0 saturated carbocycles. The molecule has 23 heavy (non-hydrogen) atoms.